The summed E-state index contributed by atoms with van der Waals surface area (Å²) in [6.07, 6.45) is 2.83. The highest BCUT2D eigenvalue weighted by molar-refractivity contribution is 5.79. The van der Waals surface area contributed by atoms with Gasteiger partial charge in [0.2, 0.25) is 0 Å². The Kier molecular flexibility index (Phi) is 3.41. The number of rotatable bonds is 5. The smallest absolute Gasteiger partial charge is 0.195 e. The predicted molar refractivity (Wildman–Crippen MR) is 62.6 cm³/mol. The average molecular weight is 220 g/mol. The van der Waals surface area contributed by atoms with Crippen LogP contribution in [0, 0.1) is 0 Å². The third-order valence-electron chi connectivity index (χ3n) is 2.49. The van der Waals surface area contributed by atoms with Crippen LogP contribution in [0.4, 0.5) is 0 Å². The van der Waals surface area contributed by atoms with E-state index in [4.69, 9.17) is 14.9 Å². The number of fused-ring (bicyclic) bond motifs is 1. The topological polar surface area (TPSA) is 61.3 Å². The fraction of sp³-hybridized carbons (Fsp3) is 0.417. The minimum atomic E-state index is 0.712. The van der Waals surface area contributed by atoms with Gasteiger partial charge in [-0.3, -0.25) is 0 Å². The molecule has 0 bridgehead atoms. The van der Waals surface area contributed by atoms with Crippen molar-refractivity contribution < 1.29 is 9.15 Å². The Hall–Kier alpha value is -1.55. The number of aryl methyl sites for hydroxylation is 1. The lowest BCUT2D eigenvalue weighted by atomic mass is 10.2. The molecule has 0 radical (unpaired) electrons. The lowest BCUT2D eigenvalue weighted by Gasteiger charge is -1.96. The van der Waals surface area contributed by atoms with Crippen molar-refractivity contribution in [1.82, 2.24) is 4.98 Å². The zero-order chi connectivity index (χ0) is 11.4. The molecule has 2 rings (SSSR count). The first-order chi connectivity index (χ1) is 7.85. The molecule has 0 atom stereocenters. The number of oxazole rings is 1. The summed E-state index contributed by atoms with van der Waals surface area (Å²) in [7, 11) is 1.64. The molecule has 2 aromatic rings. The van der Waals surface area contributed by atoms with Crippen molar-refractivity contribution in [1.29, 1.82) is 0 Å². The minimum absolute atomic E-state index is 0.712. The van der Waals surface area contributed by atoms with Gasteiger partial charge in [-0.15, -0.1) is 0 Å². The fourth-order valence-corrected chi connectivity index (χ4v) is 1.66. The molecule has 0 amide bonds. The van der Waals surface area contributed by atoms with Gasteiger partial charge in [0.15, 0.2) is 17.0 Å². The van der Waals surface area contributed by atoms with Crippen LogP contribution < -0.4 is 10.5 Å². The molecule has 1 aromatic heterocycles. The van der Waals surface area contributed by atoms with Gasteiger partial charge < -0.3 is 14.9 Å². The molecule has 0 aliphatic heterocycles. The second-order valence-electron chi connectivity index (χ2n) is 3.66. The summed E-state index contributed by atoms with van der Waals surface area (Å²) in [6, 6.07) is 5.68. The highest BCUT2D eigenvalue weighted by Gasteiger charge is 2.09. The van der Waals surface area contributed by atoms with Crippen LogP contribution in [0.3, 0.4) is 0 Å². The number of ether oxygens (including phenoxy) is 1. The molecule has 2 N–H and O–H groups in total. The standard InChI is InChI=1S/C12H16N2O2/c1-15-9-5-4-6-10-12(9)14-11(16-10)7-2-3-8-13/h4-6H,2-3,7-8,13H2,1H3. The van der Waals surface area contributed by atoms with Gasteiger partial charge in [-0.05, 0) is 31.5 Å². The Bertz CT molecular complexity index is 465. The van der Waals surface area contributed by atoms with E-state index in [1.807, 2.05) is 18.2 Å². The Balaban J connectivity index is 2.22. The summed E-state index contributed by atoms with van der Waals surface area (Å²) in [4.78, 5) is 4.42. The van der Waals surface area contributed by atoms with Crippen molar-refractivity contribution in [3.63, 3.8) is 0 Å². The summed E-state index contributed by atoms with van der Waals surface area (Å²) in [5.74, 6) is 1.51. The molecule has 0 aliphatic rings. The lowest BCUT2D eigenvalue weighted by Crippen LogP contribution is -1.98. The monoisotopic (exact) mass is 220 g/mol. The third kappa shape index (κ3) is 2.17. The molecule has 1 heterocycles. The van der Waals surface area contributed by atoms with Crippen molar-refractivity contribution in [3.8, 4) is 5.75 Å². The summed E-state index contributed by atoms with van der Waals surface area (Å²) in [6.45, 7) is 0.712. The number of benzene rings is 1. The number of hydrogen-bond donors (Lipinski definition) is 1. The maximum Gasteiger partial charge on any atom is 0.195 e. The summed E-state index contributed by atoms with van der Waals surface area (Å²) in [5, 5.41) is 0. The van der Waals surface area contributed by atoms with Crippen molar-refractivity contribution in [2.24, 2.45) is 5.73 Å². The molecule has 0 aliphatic carbocycles. The van der Waals surface area contributed by atoms with Gasteiger partial charge in [0.25, 0.3) is 0 Å². The number of nitrogens with zero attached hydrogens (tertiary/aromatic N) is 1. The van der Waals surface area contributed by atoms with E-state index in [9.17, 15) is 0 Å². The fourth-order valence-electron chi connectivity index (χ4n) is 1.66. The van der Waals surface area contributed by atoms with E-state index >= 15 is 0 Å². The van der Waals surface area contributed by atoms with E-state index in [0.29, 0.717) is 6.54 Å². The first-order valence-electron chi connectivity index (χ1n) is 5.47. The molecule has 0 unspecified atom stereocenters. The largest absolute Gasteiger partial charge is 0.494 e. The van der Waals surface area contributed by atoms with Crippen LogP contribution in [-0.4, -0.2) is 18.6 Å². The van der Waals surface area contributed by atoms with Crippen LogP contribution >= 0.6 is 0 Å². The molecule has 86 valence electrons. The number of nitrogens with two attached hydrogens (primary N) is 1. The predicted octanol–water partition coefficient (Wildman–Crippen LogP) is 2.12. The Labute approximate surface area is 94.4 Å². The Morgan fingerprint density at radius 1 is 1.38 bits per heavy atom. The summed E-state index contributed by atoms with van der Waals surface area (Å²) in [5.41, 5.74) is 7.02. The molecule has 0 saturated heterocycles. The van der Waals surface area contributed by atoms with E-state index in [2.05, 4.69) is 4.98 Å². The first kappa shape index (κ1) is 11.0. The van der Waals surface area contributed by atoms with E-state index in [1.54, 1.807) is 7.11 Å². The normalized spacial score (nSPS) is 10.9. The van der Waals surface area contributed by atoms with E-state index < -0.39 is 0 Å². The highest BCUT2D eigenvalue weighted by atomic mass is 16.5. The van der Waals surface area contributed by atoms with Crippen LogP contribution in [0.5, 0.6) is 5.75 Å². The van der Waals surface area contributed by atoms with Gasteiger partial charge in [-0.1, -0.05) is 6.07 Å². The van der Waals surface area contributed by atoms with E-state index in [-0.39, 0.29) is 0 Å². The van der Waals surface area contributed by atoms with Gasteiger partial charge in [0.05, 0.1) is 7.11 Å². The van der Waals surface area contributed by atoms with Crippen molar-refractivity contribution in [2.45, 2.75) is 19.3 Å². The summed E-state index contributed by atoms with van der Waals surface area (Å²) >= 11 is 0. The minimum Gasteiger partial charge on any atom is -0.494 e. The Morgan fingerprint density at radius 3 is 3.00 bits per heavy atom. The van der Waals surface area contributed by atoms with Crippen LogP contribution in [0.1, 0.15) is 18.7 Å². The molecular weight excluding hydrogens is 204 g/mol. The molecule has 0 saturated carbocycles. The maximum atomic E-state index is 5.63. The van der Waals surface area contributed by atoms with Gasteiger partial charge in [-0.2, -0.15) is 0 Å². The van der Waals surface area contributed by atoms with E-state index in [0.717, 1.165) is 42.0 Å². The molecule has 4 nitrogen and oxygen atoms in total. The molecule has 0 fully saturated rings. The first-order valence-corrected chi connectivity index (χ1v) is 5.47. The van der Waals surface area contributed by atoms with Gasteiger partial charge in [0.1, 0.15) is 5.75 Å². The van der Waals surface area contributed by atoms with Crippen molar-refractivity contribution >= 4 is 11.1 Å². The second-order valence-corrected chi connectivity index (χ2v) is 3.66. The SMILES string of the molecule is COc1cccc2oc(CCCCN)nc12. The zero-order valence-electron chi connectivity index (χ0n) is 9.40. The number of methoxy groups -OCH3 is 1. The molecule has 16 heavy (non-hydrogen) atoms. The van der Waals surface area contributed by atoms with Crippen LogP contribution in [0.25, 0.3) is 11.1 Å². The molecular formula is C12H16N2O2. The van der Waals surface area contributed by atoms with Gasteiger partial charge >= 0.3 is 0 Å². The highest BCUT2D eigenvalue weighted by Crippen LogP contribution is 2.25. The van der Waals surface area contributed by atoms with Crippen LogP contribution in [-0.2, 0) is 6.42 Å². The van der Waals surface area contributed by atoms with Gasteiger partial charge in [0, 0.05) is 6.42 Å². The summed E-state index contributed by atoms with van der Waals surface area (Å²) < 4.78 is 10.8. The van der Waals surface area contributed by atoms with Crippen LogP contribution in [0.15, 0.2) is 22.6 Å². The van der Waals surface area contributed by atoms with Gasteiger partial charge in [-0.25, -0.2) is 4.98 Å². The molecule has 1 aromatic carbocycles. The quantitative estimate of drug-likeness (QED) is 0.784. The molecule has 0 spiro atoms. The van der Waals surface area contributed by atoms with Crippen molar-refractivity contribution in [3.05, 3.63) is 24.1 Å². The maximum absolute atomic E-state index is 5.63. The number of para-hydroxylation sites is 1. The molecule has 4 heteroatoms. The Morgan fingerprint density at radius 2 is 2.25 bits per heavy atom. The van der Waals surface area contributed by atoms with Crippen LogP contribution in [0.2, 0.25) is 0 Å². The second kappa shape index (κ2) is 4.99. The number of aromatic nitrogens is 1. The van der Waals surface area contributed by atoms with E-state index in [1.165, 1.54) is 0 Å². The number of unbranched alkanes of at least 4 members (excludes halogenated alkanes) is 1. The number of hydrogen-bond acceptors (Lipinski definition) is 4. The zero-order valence-corrected chi connectivity index (χ0v) is 9.40. The average Bonchev–Trinajstić information content (AvgIpc) is 2.71. The lowest BCUT2D eigenvalue weighted by molar-refractivity contribution is 0.419. The third-order valence-corrected chi connectivity index (χ3v) is 2.49. The van der Waals surface area contributed by atoms with Crippen molar-refractivity contribution in [2.75, 3.05) is 13.7 Å².